The van der Waals surface area contributed by atoms with Crippen LogP contribution in [0.3, 0.4) is 0 Å². The number of benzene rings is 2. The lowest BCUT2D eigenvalue weighted by molar-refractivity contribution is 0.102. The smallest absolute Gasteiger partial charge is 0.274 e. The summed E-state index contributed by atoms with van der Waals surface area (Å²) in [5.41, 5.74) is 4.55. The number of nitrogens with one attached hydrogen (secondary N) is 2. The van der Waals surface area contributed by atoms with Gasteiger partial charge in [0.1, 0.15) is 17.3 Å². The molecule has 6 nitrogen and oxygen atoms in total. The van der Waals surface area contributed by atoms with E-state index < -0.39 is 0 Å². The van der Waals surface area contributed by atoms with E-state index in [2.05, 4.69) is 33.6 Å². The Morgan fingerprint density at radius 2 is 1.86 bits per heavy atom. The van der Waals surface area contributed by atoms with Gasteiger partial charge >= 0.3 is 0 Å². The minimum Gasteiger partial charge on any atom is -0.340 e. The molecule has 3 rings (SSSR count). The minimum atomic E-state index is -0.280. The first-order chi connectivity index (χ1) is 13.5. The standard InChI is InChI=1S/C22H21N5O/c1-4-17-7-5-6-14(2)21(17)27-22(28)19-12-20(25-15(3)24-19)26-18-10-8-16(13-23)9-11-18/h5-12H,4H2,1-3H3,(H,27,28)(H,24,25,26). The van der Waals surface area contributed by atoms with Gasteiger partial charge in [-0.3, -0.25) is 4.79 Å². The summed E-state index contributed by atoms with van der Waals surface area (Å²) in [7, 11) is 0. The number of amides is 1. The molecule has 1 amide bonds. The fourth-order valence-corrected chi connectivity index (χ4v) is 2.90. The van der Waals surface area contributed by atoms with Crippen molar-refractivity contribution in [3.05, 3.63) is 76.7 Å². The zero-order valence-corrected chi connectivity index (χ0v) is 16.1. The van der Waals surface area contributed by atoms with Crippen LogP contribution in [-0.2, 0) is 6.42 Å². The molecule has 0 radical (unpaired) electrons. The van der Waals surface area contributed by atoms with E-state index in [0.717, 1.165) is 28.9 Å². The largest absolute Gasteiger partial charge is 0.340 e. The highest BCUT2D eigenvalue weighted by atomic mass is 16.1. The van der Waals surface area contributed by atoms with Gasteiger partial charge in [0.05, 0.1) is 11.6 Å². The van der Waals surface area contributed by atoms with Crippen molar-refractivity contribution in [1.29, 1.82) is 5.26 Å². The highest BCUT2D eigenvalue weighted by Crippen LogP contribution is 2.22. The minimum absolute atomic E-state index is 0.280. The van der Waals surface area contributed by atoms with Crippen LogP contribution in [-0.4, -0.2) is 15.9 Å². The number of carbonyl (C=O) groups excluding carboxylic acids is 1. The lowest BCUT2D eigenvalue weighted by Crippen LogP contribution is -2.17. The van der Waals surface area contributed by atoms with Gasteiger partial charge in [-0.25, -0.2) is 9.97 Å². The van der Waals surface area contributed by atoms with Crippen molar-refractivity contribution in [3.63, 3.8) is 0 Å². The number of carbonyl (C=O) groups is 1. The van der Waals surface area contributed by atoms with Crippen molar-refractivity contribution in [2.45, 2.75) is 27.2 Å². The van der Waals surface area contributed by atoms with E-state index in [0.29, 0.717) is 17.2 Å². The average Bonchev–Trinajstić information content (AvgIpc) is 2.69. The van der Waals surface area contributed by atoms with Gasteiger partial charge in [-0.1, -0.05) is 25.1 Å². The Morgan fingerprint density at radius 3 is 2.54 bits per heavy atom. The topological polar surface area (TPSA) is 90.7 Å². The second kappa shape index (κ2) is 8.31. The molecule has 140 valence electrons. The SMILES string of the molecule is CCc1cccc(C)c1NC(=O)c1cc(Nc2ccc(C#N)cc2)nc(C)n1. The number of rotatable bonds is 5. The monoisotopic (exact) mass is 371 g/mol. The third kappa shape index (κ3) is 4.33. The normalized spacial score (nSPS) is 10.2. The molecule has 0 saturated heterocycles. The Kier molecular flexibility index (Phi) is 5.66. The molecule has 0 unspecified atom stereocenters. The Balaban J connectivity index is 1.84. The van der Waals surface area contributed by atoms with Crippen LogP contribution < -0.4 is 10.6 Å². The average molecular weight is 371 g/mol. The van der Waals surface area contributed by atoms with E-state index in [-0.39, 0.29) is 11.6 Å². The van der Waals surface area contributed by atoms with Crippen molar-refractivity contribution in [1.82, 2.24) is 9.97 Å². The predicted molar refractivity (Wildman–Crippen MR) is 110 cm³/mol. The van der Waals surface area contributed by atoms with Gasteiger partial charge in [0.2, 0.25) is 0 Å². The molecule has 3 aromatic rings. The quantitative estimate of drug-likeness (QED) is 0.688. The summed E-state index contributed by atoms with van der Waals surface area (Å²) >= 11 is 0. The van der Waals surface area contributed by atoms with Crippen LogP contribution in [0.15, 0.2) is 48.5 Å². The summed E-state index contributed by atoms with van der Waals surface area (Å²) in [6, 6.07) is 16.7. The molecule has 2 N–H and O–H groups in total. The summed E-state index contributed by atoms with van der Waals surface area (Å²) < 4.78 is 0. The molecule has 2 aromatic carbocycles. The van der Waals surface area contributed by atoms with E-state index in [1.165, 1.54) is 0 Å². The zero-order valence-electron chi connectivity index (χ0n) is 16.1. The Hall–Kier alpha value is -3.72. The molecule has 0 aliphatic heterocycles. The second-order valence-electron chi connectivity index (χ2n) is 6.42. The van der Waals surface area contributed by atoms with Crippen LogP contribution >= 0.6 is 0 Å². The molecular formula is C22H21N5O. The maximum absolute atomic E-state index is 12.8. The molecule has 0 spiro atoms. The van der Waals surface area contributed by atoms with Gasteiger partial charge < -0.3 is 10.6 Å². The maximum Gasteiger partial charge on any atom is 0.274 e. The Labute approximate surface area is 164 Å². The van der Waals surface area contributed by atoms with Gasteiger partial charge in [0.25, 0.3) is 5.91 Å². The number of hydrogen-bond acceptors (Lipinski definition) is 5. The van der Waals surface area contributed by atoms with Crippen molar-refractivity contribution in [2.24, 2.45) is 0 Å². The number of hydrogen-bond donors (Lipinski definition) is 2. The number of nitriles is 1. The number of para-hydroxylation sites is 1. The van der Waals surface area contributed by atoms with Gasteiger partial charge in [0, 0.05) is 17.4 Å². The molecule has 0 bridgehead atoms. The van der Waals surface area contributed by atoms with Crippen LogP contribution in [0.5, 0.6) is 0 Å². The van der Waals surface area contributed by atoms with Crippen LogP contribution in [0.2, 0.25) is 0 Å². The summed E-state index contributed by atoms with van der Waals surface area (Å²) in [6.45, 7) is 5.77. The molecule has 1 aromatic heterocycles. The molecule has 0 atom stereocenters. The lowest BCUT2D eigenvalue weighted by Gasteiger charge is -2.13. The summed E-state index contributed by atoms with van der Waals surface area (Å²) in [4.78, 5) is 21.4. The molecule has 0 aliphatic rings. The molecular weight excluding hydrogens is 350 g/mol. The first-order valence-electron chi connectivity index (χ1n) is 9.03. The fraction of sp³-hybridized carbons (Fsp3) is 0.182. The summed E-state index contributed by atoms with van der Waals surface area (Å²) in [6.07, 6.45) is 0.825. The van der Waals surface area contributed by atoms with E-state index in [4.69, 9.17) is 5.26 Å². The van der Waals surface area contributed by atoms with Crippen LogP contribution in [0.25, 0.3) is 0 Å². The predicted octanol–water partition coefficient (Wildman–Crippen LogP) is 4.52. The van der Waals surface area contributed by atoms with Crippen LogP contribution in [0.1, 0.15) is 39.9 Å². The molecule has 28 heavy (non-hydrogen) atoms. The van der Waals surface area contributed by atoms with E-state index in [1.54, 1.807) is 37.3 Å². The molecule has 0 saturated carbocycles. The number of nitrogens with zero attached hydrogens (tertiary/aromatic N) is 3. The number of aryl methyl sites for hydroxylation is 3. The lowest BCUT2D eigenvalue weighted by atomic mass is 10.1. The molecule has 6 heteroatoms. The third-order valence-corrected chi connectivity index (χ3v) is 4.34. The molecule has 0 fully saturated rings. The summed E-state index contributed by atoms with van der Waals surface area (Å²) in [5.74, 6) is 0.726. The number of anilines is 3. The van der Waals surface area contributed by atoms with Crippen molar-refractivity contribution in [2.75, 3.05) is 10.6 Å². The van der Waals surface area contributed by atoms with Gasteiger partial charge in [-0.2, -0.15) is 5.26 Å². The zero-order chi connectivity index (χ0) is 20.1. The highest BCUT2D eigenvalue weighted by molar-refractivity contribution is 6.04. The second-order valence-corrected chi connectivity index (χ2v) is 6.42. The fourth-order valence-electron chi connectivity index (χ4n) is 2.90. The Morgan fingerprint density at radius 1 is 1.11 bits per heavy atom. The van der Waals surface area contributed by atoms with E-state index in [9.17, 15) is 4.79 Å². The van der Waals surface area contributed by atoms with Gasteiger partial charge in [-0.15, -0.1) is 0 Å². The first-order valence-corrected chi connectivity index (χ1v) is 9.03. The van der Waals surface area contributed by atoms with Crippen molar-refractivity contribution >= 4 is 23.1 Å². The van der Waals surface area contributed by atoms with Crippen LogP contribution in [0.4, 0.5) is 17.2 Å². The number of aromatic nitrogens is 2. The molecule has 0 aliphatic carbocycles. The third-order valence-electron chi connectivity index (χ3n) is 4.34. The van der Waals surface area contributed by atoms with Gasteiger partial charge in [-0.05, 0) is 55.7 Å². The highest BCUT2D eigenvalue weighted by Gasteiger charge is 2.14. The van der Waals surface area contributed by atoms with Crippen molar-refractivity contribution < 1.29 is 4.79 Å². The maximum atomic E-state index is 12.8. The summed E-state index contributed by atoms with van der Waals surface area (Å²) in [5, 5.41) is 15.0. The first kappa shape index (κ1) is 19.1. The van der Waals surface area contributed by atoms with E-state index >= 15 is 0 Å². The Bertz CT molecular complexity index is 1050. The van der Waals surface area contributed by atoms with Gasteiger partial charge in [0.15, 0.2) is 0 Å². The molecule has 1 heterocycles. The van der Waals surface area contributed by atoms with E-state index in [1.807, 2.05) is 25.1 Å². The van der Waals surface area contributed by atoms with Crippen molar-refractivity contribution in [3.8, 4) is 6.07 Å². The van der Waals surface area contributed by atoms with Crippen LogP contribution in [0, 0.1) is 25.2 Å².